The maximum absolute atomic E-state index is 12.9. The largest absolute Gasteiger partial charge is 0.453 e. The van der Waals surface area contributed by atoms with Crippen LogP contribution in [-0.2, 0) is 14.3 Å². The number of hydrogen-bond acceptors (Lipinski definition) is 4. The van der Waals surface area contributed by atoms with Crippen LogP contribution in [0.4, 0.5) is 10.1 Å². The van der Waals surface area contributed by atoms with Gasteiger partial charge in [-0.2, -0.15) is 0 Å². The number of esters is 1. The maximum atomic E-state index is 12.9. The minimum atomic E-state index is -0.992. The van der Waals surface area contributed by atoms with E-state index in [1.807, 2.05) is 24.3 Å². The summed E-state index contributed by atoms with van der Waals surface area (Å²) in [5, 5.41) is 2.81. The van der Waals surface area contributed by atoms with E-state index < -0.39 is 23.8 Å². The number of nitrogens with one attached hydrogen (secondary N) is 1. The van der Waals surface area contributed by atoms with Crippen LogP contribution in [0.3, 0.4) is 0 Å². The fourth-order valence-corrected chi connectivity index (χ4v) is 2.80. The summed E-state index contributed by atoms with van der Waals surface area (Å²) < 4.78 is 18.1. The summed E-state index contributed by atoms with van der Waals surface area (Å²) in [5.41, 5.74) is 2.04. The van der Waals surface area contributed by atoms with Crippen LogP contribution in [0.15, 0.2) is 48.5 Å². The number of benzene rings is 2. The van der Waals surface area contributed by atoms with Crippen molar-refractivity contribution in [2.24, 2.45) is 0 Å². The van der Waals surface area contributed by atoms with Gasteiger partial charge in [0.25, 0.3) is 5.91 Å². The van der Waals surface area contributed by atoms with Gasteiger partial charge in [-0.1, -0.05) is 32.0 Å². The number of carbonyl (C=O) groups excluding carboxylic acids is 3. The first-order valence-electron chi connectivity index (χ1n) is 9.69. The van der Waals surface area contributed by atoms with Crippen LogP contribution in [0.1, 0.15) is 61.9 Å². The van der Waals surface area contributed by atoms with Gasteiger partial charge in [-0.3, -0.25) is 14.4 Å². The standard InChI is InChI=1S/C23H26FNO4/c1-4-15(2)19-7-5-6-8-20(19)25-23(28)16(3)29-22(27)14-13-21(26)17-9-11-18(24)12-10-17/h5-12,15-16H,4,13-14H2,1-3H3,(H,25,28)/t15-,16+/m0/s1. The van der Waals surface area contributed by atoms with Crippen LogP contribution < -0.4 is 5.32 Å². The Hall–Kier alpha value is -3.02. The Morgan fingerprint density at radius 2 is 1.66 bits per heavy atom. The SMILES string of the molecule is CC[C@H](C)c1ccccc1NC(=O)[C@@H](C)OC(=O)CCC(=O)c1ccc(F)cc1. The van der Waals surface area contributed by atoms with E-state index in [4.69, 9.17) is 4.74 Å². The van der Waals surface area contributed by atoms with E-state index in [-0.39, 0.29) is 24.5 Å². The first kappa shape index (κ1) is 22.3. The van der Waals surface area contributed by atoms with Gasteiger partial charge in [-0.05, 0) is 55.2 Å². The van der Waals surface area contributed by atoms with Crippen LogP contribution in [-0.4, -0.2) is 23.8 Å². The Morgan fingerprint density at radius 3 is 2.31 bits per heavy atom. The van der Waals surface area contributed by atoms with Gasteiger partial charge in [0.05, 0.1) is 6.42 Å². The van der Waals surface area contributed by atoms with Crippen molar-refractivity contribution in [3.05, 3.63) is 65.5 Å². The minimum absolute atomic E-state index is 0.0738. The maximum Gasteiger partial charge on any atom is 0.307 e. The molecule has 0 aliphatic heterocycles. The van der Waals surface area contributed by atoms with E-state index in [1.54, 1.807) is 0 Å². The molecule has 0 aromatic heterocycles. The van der Waals surface area contributed by atoms with Crippen LogP contribution in [0.2, 0.25) is 0 Å². The number of ether oxygens (including phenoxy) is 1. The third-order valence-corrected chi connectivity index (χ3v) is 4.76. The molecule has 0 saturated heterocycles. The zero-order valence-electron chi connectivity index (χ0n) is 16.9. The number of hydrogen-bond donors (Lipinski definition) is 1. The zero-order chi connectivity index (χ0) is 21.4. The van der Waals surface area contributed by atoms with Crippen LogP contribution in [0, 0.1) is 5.82 Å². The van der Waals surface area contributed by atoms with E-state index >= 15 is 0 Å². The highest BCUT2D eigenvalue weighted by atomic mass is 19.1. The van der Waals surface area contributed by atoms with Crippen molar-refractivity contribution in [2.45, 2.75) is 52.1 Å². The smallest absolute Gasteiger partial charge is 0.307 e. The van der Waals surface area contributed by atoms with Crippen molar-refractivity contribution >= 4 is 23.3 Å². The molecule has 0 saturated carbocycles. The zero-order valence-corrected chi connectivity index (χ0v) is 16.9. The lowest BCUT2D eigenvalue weighted by atomic mass is 9.97. The third-order valence-electron chi connectivity index (χ3n) is 4.76. The molecule has 2 aromatic rings. The van der Waals surface area contributed by atoms with Gasteiger partial charge in [0.15, 0.2) is 11.9 Å². The summed E-state index contributed by atoms with van der Waals surface area (Å²) in [7, 11) is 0. The second-order valence-electron chi connectivity index (χ2n) is 6.95. The van der Waals surface area contributed by atoms with E-state index in [1.165, 1.54) is 31.2 Å². The highest BCUT2D eigenvalue weighted by molar-refractivity contribution is 5.98. The molecule has 0 spiro atoms. The first-order chi connectivity index (χ1) is 13.8. The Kier molecular flexibility index (Phi) is 8.07. The van der Waals surface area contributed by atoms with Gasteiger partial charge in [-0.25, -0.2) is 4.39 Å². The van der Waals surface area contributed by atoms with Crippen molar-refractivity contribution < 1.29 is 23.5 Å². The van der Waals surface area contributed by atoms with Crippen LogP contribution in [0.25, 0.3) is 0 Å². The molecule has 0 aliphatic carbocycles. The van der Waals surface area contributed by atoms with Crippen molar-refractivity contribution in [1.29, 1.82) is 0 Å². The lowest BCUT2D eigenvalue weighted by Gasteiger charge is -2.18. The second-order valence-corrected chi connectivity index (χ2v) is 6.95. The second kappa shape index (κ2) is 10.5. The van der Waals surface area contributed by atoms with Crippen molar-refractivity contribution in [3.8, 4) is 0 Å². The molecule has 0 aliphatic rings. The summed E-state index contributed by atoms with van der Waals surface area (Å²) in [6, 6.07) is 12.6. The molecular weight excluding hydrogens is 373 g/mol. The van der Waals surface area contributed by atoms with E-state index in [2.05, 4.69) is 19.2 Å². The molecule has 0 radical (unpaired) electrons. The van der Waals surface area contributed by atoms with Gasteiger partial charge < -0.3 is 10.1 Å². The van der Waals surface area contributed by atoms with Crippen molar-refractivity contribution in [2.75, 3.05) is 5.32 Å². The van der Waals surface area contributed by atoms with Gasteiger partial charge in [0.1, 0.15) is 5.82 Å². The highest BCUT2D eigenvalue weighted by Crippen LogP contribution is 2.26. The summed E-state index contributed by atoms with van der Waals surface area (Å²) in [6.07, 6.45) is -0.291. The minimum Gasteiger partial charge on any atom is -0.453 e. The Bertz CT molecular complexity index is 863. The number of ketones is 1. The fraction of sp³-hybridized carbons (Fsp3) is 0.348. The molecule has 5 nitrogen and oxygen atoms in total. The molecule has 154 valence electrons. The summed E-state index contributed by atoms with van der Waals surface area (Å²) in [5.74, 6) is -1.52. The quantitative estimate of drug-likeness (QED) is 0.482. The molecule has 2 rings (SSSR count). The van der Waals surface area contributed by atoms with Crippen LogP contribution >= 0.6 is 0 Å². The normalized spacial score (nSPS) is 12.7. The summed E-state index contributed by atoms with van der Waals surface area (Å²) in [4.78, 5) is 36.5. The number of rotatable bonds is 9. The Morgan fingerprint density at radius 1 is 1.00 bits per heavy atom. The lowest BCUT2D eigenvalue weighted by molar-refractivity contribution is -0.153. The predicted octanol–water partition coefficient (Wildman–Crippen LogP) is 4.87. The molecule has 0 bridgehead atoms. The molecule has 1 N–H and O–H groups in total. The topological polar surface area (TPSA) is 72.5 Å². The number of halogens is 1. The Labute approximate surface area is 170 Å². The third kappa shape index (κ3) is 6.52. The number of anilines is 1. The average Bonchev–Trinajstić information content (AvgIpc) is 2.72. The van der Waals surface area contributed by atoms with Gasteiger partial charge in [0.2, 0.25) is 0 Å². The molecule has 0 unspecified atom stereocenters. The van der Waals surface area contributed by atoms with Crippen LogP contribution in [0.5, 0.6) is 0 Å². The number of amides is 1. The molecule has 29 heavy (non-hydrogen) atoms. The molecule has 6 heteroatoms. The average molecular weight is 399 g/mol. The lowest BCUT2D eigenvalue weighted by Crippen LogP contribution is -2.30. The molecule has 2 atom stereocenters. The molecule has 1 amide bonds. The van der Waals surface area contributed by atoms with Crippen molar-refractivity contribution in [1.82, 2.24) is 0 Å². The number of Topliss-reactive ketones (excluding diaryl/α,β-unsaturated/α-hetero) is 1. The molecule has 0 fully saturated rings. The highest BCUT2D eigenvalue weighted by Gasteiger charge is 2.20. The monoisotopic (exact) mass is 399 g/mol. The van der Waals surface area contributed by atoms with Crippen molar-refractivity contribution in [3.63, 3.8) is 0 Å². The number of carbonyl (C=O) groups is 3. The molecule has 2 aromatic carbocycles. The first-order valence-corrected chi connectivity index (χ1v) is 9.69. The van der Waals surface area contributed by atoms with E-state index in [0.29, 0.717) is 11.3 Å². The van der Waals surface area contributed by atoms with Gasteiger partial charge in [-0.15, -0.1) is 0 Å². The van der Waals surface area contributed by atoms with Gasteiger partial charge >= 0.3 is 5.97 Å². The molecule has 0 heterocycles. The van der Waals surface area contributed by atoms with E-state index in [9.17, 15) is 18.8 Å². The Balaban J connectivity index is 1.87. The summed E-state index contributed by atoms with van der Waals surface area (Å²) >= 11 is 0. The fourth-order valence-electron chi connectivity index (χ4n) is 2.80. The molecular formula is C23H26FNO4. The summed E-state index contributed by atoms with van der Waals surface area (Å²) in [6.45, 7) is 5.63. The van der Waals surface area contributed by atoms with E-state index in [0.717, 1.165) is 12.0 Å². The van der Waals surface area contributed by atoms with Gasteiger partial charge in [0, 0.05) is 17.7 Å². The number of para-hydroxylation sites is 1. The predicted molar refractivity (Wildman–Crippen MR) is 109 cm³/mol.